The van der Waals surface area contributed by atoms with Crippen molar-refractivity contribution in [2.45, 2.75) is 327 Å². The van der Waals surface area contributed by atoms with Crippen molar-refractivity contribution in [3.8, 4) is 0 Å². The summed E-state index contributed by atoms with van der Waals surface area (Å²) in [7, 11) is 6.94. The van der Waals surface area contributed by atoms with Crippen LogP contribution in [-0.4, -0.2) is 212 Å². The van der Waals surface area contributed by atoms with Crippen LogP contribution in [0.5, 0.6) is 0 Å². The summed E-state index contributed by atoms with van der Waals surface area (Å²) in [5, 5.41) is 29.4. The van der Waals surface area contributed by atoms with Crippen LogP contribution in [0.25, 0.3) is 0 Å². The van der Waals surface area contributed by atoms with Crippen molar-refractivity contribution in [2.24, 2.45) is 23.7 Å². The number of alkyl carbamates (subject to hydrolysis) is 2. The van der Waals surface area contributed by atoms with Crippen LogP contribution in [0.3, 0.4) is 0 Å². The first-order valence-electron chi connectivity index (χ1n) is 42.8. The van der Waals surface area contributed by atoms with Gasteiger partial charge in [-0.15, -0.1) is 0 Å². The van der Waals surface area contributed by atoms with Gasteiger partial charge in [-0.3, -0.25) is 39.4 Å². The molecule has 17 atom stereocenters. The minimum atomic E-state index is -4.69. The number of rotatable bonds is 27. The van der Waals surface area contributed by atoms with E-state index in [1.165, 1.54) is 33.6 Å². The minimum Gasteiger partial charge on any atom is -0.747 e. The summed E-state index contributed by atoms with van der Waals surface area (Å²) in [6.07, 6.45) is 8.14. The van der Waals surface area contributed by atoms with Gasteiger partial charge in [-0.2, -0.15) is 0 Å². The van der Waals surface area contributed by atoms with Crippen molar-refractivity contribution in [1.82, 2.24) is 20.4 Å². The van der Waals surface area contributed by atoms with Gasteiger partial charge in [0, 0.05) is 118 Å². The van der Waals surface area contributed by atoms with Crippen molar-refractivity contribution in [1.29, 1.82) is 0 Å². The molecule has 6 amide bonds. The monoisotopic (exact) mass is 1890 g/mol. The molecule has 694 valence electrons. The Balaban J connectivity index is 0.000000433. The van der Waals surface area contributed by atoms with E-state index in [0.717, 1.165) is 67.2 Å². The largest absolute Gasteiger partial charge is 1.00 e. The Morgan fingerprint density at radius 3 is 1.39 bits per heavy atom. The second kappa shape index (κ2) is 47.3. The molecule has 0 spiro atoms. The maximum absolute atomic E-state index is 14.2. The van der Waals surface area contributed by atoms with Gasteiger partial charge in [-0.25, -0.2) is 27.6 Å². The SMILES string of the molecule is CC.CCC(=O)CCC(SSC(C)(C)CCC(=O)N(C)[C@@H](C)C(=O)O[C@H]1CC(=O)N(C)c2cc(cc(C)c2Cl)C/C(C)=C/C=C/[C@@H](C)[C@@]2(O)CC(OC(=O)N2)[C@@H](C)[C@@H]2O[C@@]12C)S(=O)(=O)[O-].CCC(=O)CCCSSC(C)(C)CCC(=O)N(C)[C@@H](C)C(=O)O[C@H]1CC(=O)N(C)c2cc(cc(C)c2Cl)C/C(C)=C/C=C/[C@@H](C)[C@@]2(O)CC(OC(=O)N2)[C@@H](C)[C@@H]2O[C@@]12C.[Na+]. The summed E-state index contributed by atoms with van der Waals surface area (Å²) in [4.78, 5) is 138. The molecule has 125 heavy (non-hydrogen) atoms. The molecule has 6 aliphatic rings. The van der Waals surface area contributed by atoms with E-state index in [0.29, 0.717) is 53.5 Å². The molecule has 27 nitrogen and oxygen atoms in total. The van der Waals surface area contributed by atoms with Gasteiger partial charge in [0.1, 0.15) is 85.4 Å². The number of halogens is 2. The number of benzene rings is 2. The molecule has 8 rings (SSSR count). The molecule has 35 heteroatoms. The summed E-state index contributed by atoms with van der Waals surface area (Å²) in [5.41, 5.74) is 0.683. The number of esters is 2. The van der Waals surface area contributed by atoms with Gasteiger partial charge >= 0.3 is 53.7 Å². The van der Waals surface area contributed by atoms with Crippen molar-refractivity contribution in [3.05, 3.63) is 104 Å². The maximum Gasteiger partial charge on any atom is 1.00 e. The van der Waals surface area contributed by atoms with E-state index < -0.39 is 150 Å². The Morgan fingerprint density at radius 1 is 0.640 bits per heavy atom. The van der Waals surface area contributed by atoms with Crippen molar-refractivity contribution in [3.63, 3.8) is 0 Å². The molecule has 0 radical (unpaired) electrons. The van der Waals surface area contributed by atoms with E-state index in [4.69, 9.17) is 51.6 Å². The third-order valence-corrected chi connectivity index (χ3v) is 34.5. The maximum atomic E-state index is 14.2. The number of amides is 6. The number of carbonyl (C=O) groups is 10. The minimum absolute atomic E-state index is 0. The average molecular weight is 1890 g/mol. The Kier molecular flexibility index (Phi) is 41.7. The zero-order valence-corrected chi connectivity index (χ0v) is 85.1. The topological polar surface area (TPSA) is 367 Å². The smallest absolute Gasteiger partial charge is 0.747 e. The summed E-state index contributed by atoms with van der Waals surface area (Å²) in [6, 6.07) is 5.54. The predicted molar refractivity (Wildman–Crippen MR) is 491 cm³/mol. The number of epoxide rings is 2. The molecule has 0 aromatic heterocycles. The summed E-state index contributed by atoms with van der Waals surface area (Å²) in [5.74, 6) is -3.98. The van der Waals surface area contributed by atoms with Crippen LogP contribution >= 0.6 is 66.4 Å². The number of aryl methyl sites for hydroxylation is 2. The van der Waals surface area contributed by atoms with E-state index in [2.05, 4.69) is 24.5 Å². The number of hydrogen-bond donors (Lipinski definition) is 4. The molecular weight excluding hydrogens is 1760 g/mol. The first-order valence-corrected chi connectivity index (χ1v) is 49.5. The van der Waals surface area contributed by atoms with Crippen LogP contribution in [0, 0.1) is 37.5 Å². The molecule has 6 aliphatic heterocycles. The number of likely N-dealkylation sites (N-methyl/N-ethyl adjacent to an activating group) is 2. The van der Waals surface area contributed by atoms with Crippen molar-refractivity contribution >= 4 is 147 Å². The van der Waals surface area contributed by atoms with E-state index >= 15 is 0 Å². The fourth-order valence-corrected chi connectivity index (χ4v) is 22.7. The fourth-order valence-electron chi connectivity index (χ4n) is 15.2. The second-order valence-corrected chi connectivity index (χ2v) is 44.1. The fraction of sp³-hybridized carbons (Fsp3) is 0.667. The number of ketones is 2. The Bertz CT molecular complexity index is 4440. The quantitative estimate of drug-likeness (QED) is 0.0123. The molecule has 6 heterocycles. The number of carbonyl (C=O) groups excluding carboxylic acids is 10. The van der Waals surface area contributed by atoms with Crippen molar-refractivity contribution in [2.75, 3.05) is 43.7 Å². The molecule has 4 N–H and O–H groups in total. The molecule has 2 aromatic carbocycles. The van der Waals surface area contributed by atoms with E-state index in [9.17, 15) is 71.1 Å². The molecule has 4 saturated heterocycles. The normalized spacial score (nSPS) is 28.7. The number of Topliss-reactive ketones (excluding diaryl/α,β-unsaturated/α-hetero) is 2. The van der Waals surface area contributed by atoms with Crippen LogP contribution in [0.2, 0.25) is 10.0 Å². The Hall–Kier alpha value is -5.17. The van der Waals surface area contributed by atoms with E-state index in [1.807, 2.05) is 123 Å². The Morgan fingerprint density at radius 2 is 1.02 bits per heavy atom. The standard InChI is InChI=1S/C44H64ClN3O12S3.C44H64ClN3O9S2.C2H6.Na/c1-12-31(49)16-17-37(63(55,56)57)61-62-42(7,8)19-18-35(50)47(10)29(6)40(52)59-34-23-36(51)48(11)32-22-30(21-26(3)38(32)45)20-25(2)14-13-15-27(4)44(54)24-33(58-41(53)46-44)28(5)39-43(34,9)60-39;1-12-32(49)17-14-20-58-59-42(7,8)19-18-36(50)47(10)30(6)40(52)56-35-24-37(51)48(11)33-23-31(22-27(3)38(33)45)21-26(2)15-13-16-28(4)44(54)25-34(55-41(53)46-44)29(5)39-43(35,9)57-39;1-2;/h13-15,21-22,27-29,33-34,37,39,54H,12,16-20,23-24H2,1-11H3,(H,46,53)(H,55,56,57);13,15-16,22-23,28-30,34-35,39,54H,12,14,17-21,24-25H2,1-11H3,(H,46,53);1-2H3;/q;;;+1/p-1/b15-13+,25-14+;16-13+,26-15+;;/t27-,28-,29+,33?,34+,37?,39+,43+,44+;28-,29-,30+,34?,35+,39+,43+,44+;;/m11../s1. The zero-order valence-electron chi connectivity index (χ0n) is 77.5. The van der Waals surface area contributed by atoms with E-state index in [1.54, 1.807) is 98.1 Å². The molecule has 8 bridgehead atoms. The number of nitrogens with zero attached hydrogens (tertiary/aromatic N) is 4. The van der Waals surface area contributed by atoms with Crippen LogP contribution in [0.15, 0.2) is 71.9 Å². The van der Waals surface area contributed by atoms with Crippen LogP contribution in [0.4, 0.5) is 21.0 Å². The summed E-state index contributed by atoms with van der Waals surface area (Å²) in [6.45, 7) is 36.8. The van der Waals surface area contributed by atoms with Gasteiger partial charge in [-0.05, 0) is 156 Å². The predicted octanol–water partition coefficient (Wildman–Crippen LogP) is 13.2. The zero-order chi connectivity index (χ0) is 93.4. The number of allylic oxidation sites excluding steroid dienone is 6. The second-order valence-electron chi connectivity index (χ2n) is 35.3. The van der Waals surface area contributed by atoms with Crippen LogP contribution in [0.1, 0.15) is 237 Å². The molecule has 0 saturated carbocycles. The number of hydrogen-bond acceptors (Lipinski definition) is 25. The third-order valence-electron chi connectivity index (χ3n) is 24.3. The van der Waals surface area contributed by atoms with E-state index in [-0.39, 0.29) is 122 Å². The molecular formula is C90H133Cl2N6NaO21S5. The van der Waals surface area contributed by atoms with Crippen LogP contribution in [-0.2, 0) is 89.7 Å². The number of fused-ring (bicyclic) bond motifs is 10. The van der Waals surface area contributed by atoms with Gasteiger partial charge in [0.15, 0.2) is 0 Å². The number of nitrogens with one attached hydrogen (secondary N) is 2. The molecule has 4 fully saturated rings. The third kappa shape index (κ3) is 30.4. The summed E-state index contributed by atoms with van der Waals surface area (Å²) < 4.78 is 69.9. The van der Waals surface area contributed by atoms with Gasteiger partial charge < -0.3 is 62.8 Å². The van der Waals surface area contributed by atoms with Gasteiger partial charge in [0.25, 0.3) is 0 Å². The average Bonchev–Trinajstić information content (AvgIpc) is 1.57. The summed E-state index contributed by atoms with van der Waals surface area (Å²) >= 11 is 13.6. The van der Waals surface area contributed by atoms with Gasteiger partial charge in [-0.1, -0.05) is 182 Å². The molecule has 0 aliphatic carbocycles. The van der Waals surface area contributed by atoms with Crippen LogP contribution < -0.4 is 50.0 Å². The van der Waals surface area contributed by atoms with Gasteiger partial charge in [0.05, 0.1) is 46.5 Å². The number of anilines is 2. The van der Waals surface area contributed by atoms with Gasteiger partial charge in [0.2, 0.25) is 23.6 Å². The number of aliphatic hydroxyl groups is 2. The number of ether oxygens (including phenoxy) is 6. The molecule has 2 aromatic rings. The van der Waals surface area contributed by atoms with Crippen molar-refractivity contribution < 1.29 is 129 Å². The first kappa shape index (κ1) is 110. The molecule has 3 unspecified atom stereocenters. The first-order chi connectivity index (χ1) is 57.6. The Labute approximate surface area is 788 Å².